The van der Waals surface area contributed by atoms with Gasteiger partial charge in [0, 0.05) is 22.4 Å². The van der Waals surface area contributed by atoms with Gasteiger partial charge in [-0.25, -0.2) is 4.98 Å². The number of nitriles is 1. The number of hydrogen-bond acceptors (Lipinski definition) is 4. The van der Waals surface area contributed by atoms with Gasteiger partial charge in [0.15, 0.2) is 0 Å². The summed E-state index contributed by atoms with van der Waals surface area (Å²) in [6.07, 6.45) is 5.06. The molecule has 0 saturated carbocycles. The predicted octanol–water partition coefficient (Wildman–Crippen LogP) is 6.06. The first kappa shape index (κ1) is 23.6. The van der Waals surface area contributed by atoms with Crippen molar-refractivity contribution in [1.29, 1.82) is 5.26 Å². The van der Waals surface area contributed by atoms with Gasteiger partial charge < -0.3 is 14.4 Å². The summed E-state index contributed by atoms with van der Waals surface area (Å²) in [5, 5.41) is 21.4. The van der Waals surface area contributed by atoms with Crippen molar-refractivity contribution in [3.05, 3.63) is 112 Å². The number of aliphatic hydroxyl groups excluding tert-OH is 1. The van der Waals surface area contributed by atoms with Crippen LogP contribution in [0.4, 0.5) is 0 Å². The molecule has 4 rings (SSSR count). The summed E-state index contributed by atoms with van der Waals surface area (Å²) in [5.41, 5.74) is 0.876. The van der Waals surface area contributed by atoms with Gasteiger partial charge in [-0.2, -0.15) is 5.26 Å². The maximum absolute atomic E-state index is 10.7. The lowest BCUT2D eigenvalue weighted by Crippen LogP contribution is -2.39. The van der Waals surface area contributed by atoms with Crippen LogP contribution in [-0.2, 0) is 5.54 Å². The van der Waals surface area contributed by atoms with Crippen molar-refractivity contribution in [1.82, 2.24) is 9.55 Å². The lowest BCUT2D eigenvalue weighted by Gasteiger charge is -2.35. The van der Waals surface area contributed by atoms with Crippen molar-refractivity contribution < 1.29 is 9.84 Å². The Hall–Kier alpha value is -3.01. The van der Waals surface area contributed by atoms with E-state index in [9.17, 15) is 10.4 Å². The maximum atomic E-state index is 10.7. The van der Waals surface area contributed by atoms with Crippen LogP contribution >= 0.6 is 35.6 Å². The van der Waals surface area contributed by atoms with Gasteiger partial charge in [-0.15, -0.1) is 12.4 Å². The molecule has 32 heavy (non-hydrogen) atoms. The molecule has 1 aromatic heterocycles. The molecule has 5 nitrogen and oxygen atoms in total. The Morgan fingerprint density at radius 3 is 2.38 bits per heavy atom. The largest absolute Gasteiger partial charge is 0.456 e. The smallest absolute Gasteiger partial charge is 0.145 e. The fraction of sp³-hybridized carbons (Fsp3) is 0.0833. The maximum Gasteiger partial charge on any atom is 0.145 e. The SMILES string of the molecule is Cl.N#Cc1ccc(C(CO)(c2ccc(Cl)cc2)n2ccnc2)cc1Oc1cccc(Cl)c1. The Bertz CT molecular complexity index is 1240. The highest BCUT2D eigenvalue weighted by Crippen LogP contribution is 2.38. The first-order chi connectivity index (χ1) is 15.1. The second kappa shape index (κ2) is 10.1. The first-order valence-electron chi connectivity index (χ1n) is 9.40. The number of imidazole rings is 1. The number of ether oxygens (including phenoxy) is 1. The molecule has 1 atom stereocenters. The van der Waals surface area contributed by atoms with Crippen LogP contribution in [0, 0.1) is 11.3 Å². The van der Waals surface area contributed by atoms with Crippen LogP contribution < -0.4 is 4.74 Å². The van der Waals surface area contributed by atoms with E-state index in [-0.39, 0.29) is 19.0 Å². The second-order valence-electron chi connectivity index (χ2n) is 6.88. The molecule has 0 aliphatic heterocycles. The summed E-state index contributed by atoms with van der Waals surface area (Å²) >= 11 is 12.2. The highest BCUT2D eigenvalue weighted by molar-refractivity contribution is 6.30. The van der Waals surface area contributed by atoms with E-state index in [1.807, 2.05) is 16.7 Å². The van der Waals surface area contributed by atoms with Gasteiger partial charge in [0.2, 0.25) is 0 Å². The van der Waals surface area contributed by atoms with Crippen LogP contribution in [0.3, 0.4) is 0 Å². The van der Waals surface area contributed by atoms with E-state index in [1.165, 1.54) is 0 Å². The van der Waals surface area contributed by atoms with Crippen molar-refractivity contribution >= 4 is 35.6 Å². The monoisotopic (exact) mass is 485 g/mol. The molecular weight excluding hydrogens is 469 g/mol. The number of hydrogen-bond donors (Lipinski definition) is 1. The molecule has 0 saturated heterocycles. The van der Waals surface area contributed by atoms with Crippen LogP contribution in [0.2, 0.25) is 10.0 Å². The Labute approximate surface area is 201 Å². The molecule has 0 amide bonds. The van der Waals surface area contributed by atoms with E-state index >= 15 is 0 Å². The zero-order valence-electron chi connectivity index (χ0n) is 16.7. The molecule has 0 aliphatic carbocycles. The topological polar surface area (TPSA) is 71.1 Å². The lowest BCUT2D eigenvalue weighted by atomic mass is 9.82. The van der Waals surface area contributed by atoms with Gasteiger partial charge in [-0.1, -0.05) is 47.5 Å². The van der Waals surface area contributed by atoms with E-state index < -0.39 is 5.54 Å². The fourth-order valence-electron chi connectivity index (χ4n) is 3.55. The van der Waals surface area contributed by atoms with Gasteiger partial charge in [0.1, 0.15) is 23.1 Å². The standard InChI is InChI=1S/C24H17Cl2N3O2.ClH/c25-20-8-6-18(7-9-20)24(15-30,29-11-10-28-16-29)19-5-4-17(14-27)23(12-19)31-22-3-1-2-21(26)13-22;/h1-13,16,30H,15H2;1H. The van der Waals surface area contributed by atoms with Crippen molar-refractivity contribution in [2.45, 2.75) is 5.54 Å². The van der Waals surface area contributed by atoms with Crippen LogP contribution in [0.15, 0.2) is 85.5 Å². The lowest BCUT2D eigenvalue weighted by molar-refractivity contribution is 0.196. The van der Waals surface area contributed by atoms with Crippen molar-refractivity contribution in [2.24, 2.45) is 0 Å². The summed E-state index contributed by atoms with van der Waals surface area (Å²) in [6.45, 7) is -0.256. The number of benzene rings is 3. The van der Waals surface area contributed by atoms with Gasteiger partial charge in [0.25, 0.3) is 0 Å². The van der Waals surface area contributed by atoms with Gasteiger partial charge in [0.05, 0.1) is 18.5 Å². The average molecular weight is 487 g/mol. The number of halogens is 3. The molecule has 0 radical (unpaired) electrons. The van der Waals surface area contributed by atoms with Crippen molar-refractivity contribution in [3.63, 3.8) is 0 Å². The molecule has 1 heterocycles. The predicted molar refractivity (Wildman–Crippen MR) is 127 cm³/mol. The van der Waals surface area contributed by atoms with Crippen LogP contribution in [0.1, 0.15) is 16.7 Å². The average Bonchev–Trinajstić information content (AvgIpc) is 3.31. The highest BCUT2D eigenvalue weighted by atomic mass is 35.5. The van der Waals surface area contributed by atoms with E-state index in [0.717, 1.165) is 5.56 Å². The van der Waals surface area contributed by atoms with Gasteiger partial charge in [-0.05, 0) is 53.6 Å². The normalized spacial score (nSPS) is 12.3. The summed E-state index contributed by atoms with van der Waals surface area (Å²) in [4.78, 5) is 4.17. The summed E-state index contributed by atoms with van der Waals surface area (Å²) in [6, 6.07) is 21.6. The van der Waals surface area contributed by atoms with Gasteiger partial charge >= 0.3 is 0 Å². The highest BCUT2D eigenvalue weighted by Gasteiger charge is 2.36. The Morgan fingerprint density at radius 2 is 1.75 bits per heavy atom. The molecule has 1 N–H and O–H groups in total. The zero-order valence-corrected chi connectivity index (χ0v) is 19.0. The third kappa shape index (κ3) is 4.45. The number of aromatic nitrogens is 2. The quantitative estimate of drug-likeness (QED) is 0.359. The zero-order chi connectivity index (χ0) is 21.8. The van der Waals surface area contributed by atoms with E-state index in [1.54, 1.807) is 73.3 Å². The third-order valence-electron chi connectivity index (χ3n) is 5.10. The molecule has 0 spiro atoms. The number of aliphatic hydroxyl groups is 1. The van der Waals surface area contributed by atoms with Crippen LogP contribution in [0.25, 0.3) is 0 Å². The Kier molecular flexibility index (Phi) is 7.44. The molecule has 8 heteroatoms. The van der Waals surface area contributed by atoms with Crippen molar-refractivity contribution in [2.75, 3.05) is 6.61 Å². The minimum absolute atomic E-state index is 0. The molecule has 0 bridgehead atoms. The van der Waals surface area contributed by atoms with Crippen LogP contribution in [-0.4, -0.2) is 21.3 Å². The number of nitrogens with zero attached hydrogens (tertiary/aromatic N) is 3. The van der Waals surface area contributed by atoms with Crippen LogP contribution in [0.5, 0.6) is 11.5 Å². The molecule has 3 aromatic carbocycles. The first-order valence-corrected chi connectivity index (χ1v) is 10.2. The summed E-state index contributed by atoms with van der Waals surface area (Å²) in [7, 11) is 0. The molecule has 0 fully saturated rings. The van der Waals surface area contributed by atoms with E-state index in [0.29, 0.717) is 32.7 Å². The minimum Gasteiger partial charge on any atom is -0.456 e. The Morgan fingerprint density at radius 1 is 1.00 bits per heavy atom. The summed E-state index contributed by atoms with van der Waals surface area (Å²) < 4.78 is 7.82. The van der Waals surface area contributed by atoms with E-state index in [4.69, 9.17) is 27.9 Å². The molecule has 162 valence electrons. The molecule has 1 unspecified atom stereocenters. The Balaban J connectivity index is 0.00000289. The molecular formula is C24H18Cl3N3O2. The van der Waals surface area contributed by atoms with Gasteiger partial charge in [-0.3, -0.25) is 0 Å². The van der Waals surface area contributed by atoms with E-state index in [2.05, 4.69) is 11.1 Å². The summed E-state index contributed by atoms with van der Waals surface area (Å²) in [5.74, 6) is 0.860. The fourth-order valence-corrected chi connectivity index (χ4v) is 3.86. The molecule has 4 aromatic rings. The second-order valence-corrected chi connectivity index (χ2v) is 7.75. The molecule has 0 aliphatic rings. The number of rotatable bonds is 6. The third-order valence-corrected chi connectivity index (χ3v) is 5.59. The van der Waals surface area contributed by atoms with Crippen molar-refractivity contribution in [3.8, 4) is 17.6 Å². The minimum atomic E-state index is -0.998.